The largest absolute Gasteiger partial charge is 0.304 e. The van der Waals surface area contributed by atoms with E-state index in [0.29, 0.717) is 6.29 Å². The fourth-order valence-electron chi connectivity index (χ4n) is 0. The van der Waals surface area contributed by atoms with Gasteiger partial charge in [-0.1, -0.05) is 6.58 Å². The van der Waals surface area contributed by atoms with E-state index in [1.807, 2.05) is 0 Å². The Bertz CT molecular complexity index is 107. The summed E-state index contributed by atoms with van der Waals surface area (Å²) >= 11 is 0. The fourth-order valence-corrected chi connectivity index (χ4v) is 0. The van der Waals surface area contributed by atoms with Gasteiger partial charge in [-0.25, -0.2) is 0 Å². The lowest BCUT2D eigenvalue weighted by Crippen LogP contribution is -1.44. The van der Waals surface area contributed by atoms with E-state index in [2.05, 4.69) is 6.58 Å². The predicted molar refractivity (Wildman–Crippen MR) is 39.3 cm³/mol. The van der Waals surface area contributed by atoms with Crippen molar-refractivity contribution in [2.45, 2.75) is 13.8 Å². The Morgan fingerprint density at radius 1 is 1.50 bits per heavy atom. The van der Waals surface area contributed by atoms with Gasteiger partial charge < -0.3 is 4.79 Å². The van der Waals surface area contributed by atoms with E-state index in [9.17, 15) is 0 Å². The number of nitriles is 1. The number of hydrogen-bond donors (Lipinski definition) is 0. The minimum absolute atomic E-state index is 0.639. The van der Waals surface area contributed by atoms with Gasteiger partial charge in [0.1, 0.15) is 12.6 Å². The van der Waals surface area contributed by atoms with Crippen LogP contribution in [-0.4, -0.2) is 12.6 Å². The summed E-state index contributed by atoms with van der Waals surface area (Å²) in [6.45, 7) is 5.99. The average molecular weight is 141 g/mol. The first-order chi connectivity index (χ1) is 4.74. The molecule has 0 bridgehead atoms. The maximum atomic E-state index is 9.06. The second-order valence-electron chi connectivity index (χ2n) is 0.831. The molecule has 0 heterocycles. The van der Waals surface area contributed by atoms with Gasteiger partial charge in [-0.3, -0.25) is 4.79 Å². The van der Waals surface area contributed by atoms with Gasteiger partial charge in [0, 0.05) is 6.92 Å². The molecule has 56 valence electrons. The van der Waals surface area contributed by atoms with Crippen molar-refractivity contribution >= 4 is 12.6 Å². The molecule has 3 heteroatoms. The van der Waals surface area contributed by atoms with Crippen molar-refractivity contribution in [2.75, 3.05) is 0 Å². The third kappa shape index (κ3) is 1100. The summed E-state index contributed by atoms with van der Waals surface area (Å²) in [5.41, 5.74) is 0. The minimum Gasteiger partial charge on any atom is -0.304 e. The first-order valence-electron chi connectivity index (χ1n) is 2.51. The van der Waals surface area contributed by atoms with Crippen LogP contribution >= 0.6 is 0 Å². The maximum Gasteiger partial charge on any atom is 0.142 e. The Morgan fingerprint density at radius 3 is 1.60 bits per heavy atom. The lowest BCUT2D eigenvalue weighted by molar-refractivity contribution is -0.106. The summed E-state index contributed by atoms with van der Waals surface area (Å²) in [5, 5.41) is 7.32. The van der Waals surface area contributed by atoms with Crippen LogP contribution in [0.5, 0.6) is 0 Å². The van der Waals surface area contributed by atoms with E-state index in [4.69, 9.17) is 14.9 Å². The molecule has 0 amide bonds. The SMILES string of the molecule is C=CC=O.CC#N.CC=O. The van der Waals surface area contributed by atoms with Gasteiger partial charge >= 0.3 is 0 Å². The molecule has 3 nitrogen and oxygen atoms in total. The molecule has 0 unspecified atom stereocenters. The van der Waals surface area contributed by atoms with E-state index < -0.39 is 0 Å². The quantitative estimate of drug-likeness (QED) is 0.406. The van der Waals surface area contributed by atoms with Crippen LogP contribution in [-0.2, 0) is 9.59 Å². The summed E-state index contributed by atoms with van der Waals surface area (Å²) in [4.78, 5) is 17.9. The molecule has 0 aliphatic carbocycles. The van der Waals surface area contributed by atoms with E-state index in [0.717, 1.165) is 6.29 Å². The van der Waals surface area contributed by atoms with Crippen LogP contribution in [0.1, 0.15) is 13.8 Å². The number of rotatable bonds is 1. The second kappa shape index (κ2) is 49.5. The number of carbonyl (C=O) groups is 2. The molecule has 0 saturated heterocycles. The van der Waals surface area contributed by atoms with Crippen LogP contribution in [0, 0.1) is 11.3 Å². The van der Waals surface area contributed by atoms with Gasteiger partial charge in [0.05, 0.1) is 6.07 Å². The molecule has 0 aliphatic rings. The van der Waals surface area contributed by atoms with Crippen molar-refractivity contribution < 1.29 is 9.59 Å². The molecule has 0 aromatic carbocycles. The lowest BCUT2D eigenvalue weighted by atomic mass is 10.8. The zero-order valence-electron chi connectivity index (χ0n) is 6.20. The van der Waals surface area contributed by atoms with Crippen LogP contribution in [0.2, 0.25) is 0 Å². The van der Waals surface area contributed by atoms with Crippen LogP contribution in [0.25, 0.3) is 0 Å². The Kier molecular flexibility index (Phi) is 78.3. The molecule has 0 atom stereocenters. The summed E-state index contributed by atoms with van der Waals surface area (Å²) in [7, 11) is 0. The molecular weight excluding hydrogens is 130 g/mol. The van der Waals surface area contributed by atoms with E-state index in [1.165, 1.54) is 19.9 Å². The molecular formula is C7H11NO2. The highest BCUT2D eigenvalue weighted by atomic mass is 16.1. The second-order valence-corrected chi connectivity index (χ2v) is 0.831. The third-order valence-corrected chi connectivity index (χ3v) is 0.0962. The molecule has 0 rings (SSSR count). The van der Waals surface area contributed by atoms with Crippen molar-refractivity contribution in [1.82, 2.24) is 0 Å². The van der Waals surface area contributed by atoms with Crippen molar-refractivity contribution in [3.8, 4) is 6.07 Å². The number of nitrogens with zero attached hydrogens (tertiary/aromatic N) is 1. The van der Waals surface area contributed by atoms with Crippen molar-refractivity contribution in [3.05, 3.63) is 12.7 Å². The molecule has 0 N–H and O–H groups in total. The summed E-state index contributed by atoms with van der Waals surface area (Å²) in [5.74, 6) is 0. The molecule has 0 aliphatic heterocycles. The highest BCUT2D eigenvalue weighted by Gasteiger charge is 1.38. The molecule has 0 saturated carbocycles. The summed E-state index contributed by atoms with van der Waals surface area (Å²) < 4.78 is 0. The fraction of sp³-hybridized carbons (Fsp3) is 0.286. The molecule has 10 heavy (non-hydrogen) atoms. The lowest BCUT2D eigenvalue weighted by Gasteiger charge is -1.37. The van der Waals surface area contributed by atoms with Gasteiger partial charge in [0.15, 0.2) is 0 Å². The zero-order chi connectivity index (χ0) is 8.83. The third-order valence-electron chi connectivity index (χ3n) is 0.0962. The van der Waals surface area contributed by atoms with Crippen molar-refractivity contribution in [2.24, 2.45) is 0 Å². The number of carbonyl (C=O) groups excluding carboxylic acids is 2. The Hall–Kier alpha value is -1.43. The minimum atomic E-state index is 0.639. The smallest absolute Gasteiger partial charge is 0.142 e. The van der Waals surface area contributed by atoms with Gasteiger partial charge in [-0.05, 0) is 13.0 Å². The Morgan fingerprint density at radius 2 is 1.60 bits per heavy atom. The van der Waals surface area contributed by atoms with E-state index >= 15 is 0 Å². The Labute approximate surface area is 61.0 Å². The van der Waals surface area contributed by atoms with Crippen LogP contribution in [0.4, 0.5) is 0 Å². The number of hydrogen-bond acceptors (Lipinski definition) is 3. The summed E-state index contributed by atoms with van der Waals surface area (Å²) in [6, 6.07) is 1.75. The number of allylic oxidation sites excluding steroid dienone is 1. The van der Waals surface area contributed by atoms with Gasteiger partial charge in [-0.2, -0.15) is 5.26 Å². The highest BCUT2D eigenvalue weighted by molar-refractivity contribution is 5.63. The van der Waals surface area contributed by atoms with E-state index in [-0.39, 0.29) is 0 Å². The summed E-state index contributed by atoms with van der Waals surface area (Å²) in [6.07, 6.45) is 2.58. The van der Waals surface area contributed by atoms with Gasteiger partial charge in [0.25, 0.3) is 0 Å². The molecule has 0 spiro atoms. The van der Waals surface area contributed by atoms with Crippen LogP contribution < -0.4 is 0 Å². The van der Waals surface area contributed by atoms with Crippen LogP contribution in [0.3, 0.4) is 0 Å². The number of aldehydes is 2. The standard InChI is InChI=1S/C3H4O.C2H3N.C2H4O/c1-2-3-4;2*1-2-3/h2-3H,1H2;1H3;2H,1H3. The molecule has 0 aromatic heterocycles. The topological polar surface area (TPSA) is 57.9 Å². The van der Waals surface area contributed by atoms with Crippen molar-refractivity contribution in [1.29, 1.82) is 5.26 Å². The molecule has 0 fully saturated rings. The first-order valence-corrected chi connectivity index (χ1v) is 2.51. The monoisotopic (exact) mass is 141 g/mol. The zero-order valence-corrected chi connectivity index (χ0v) is 6.20. The molecule has 0 radical (unpaired) electrons. The predicted octanol–water partition coefficient (Wildman–Crippen LogP) is 1.11. The highest BCUT2D eigenvalue weighted by Crippen LogP contribution is 1.35. The van der Waals surface area contributed by atoms with E-state index in [1.54, 1.807) is 6.07 Å². The average Bonchev–Trinajstić information content (AvgIpc) is 1.91. The normalized spacial score (nSPS) is 4.10. The Balaban J connectivity index is -0.0000000750. The van der Waals surface area contributed by atoms with Crippen LogP contribution in [0.15, 0.2) is 12.7 Å². The van der Waals surface area contributed by atoms with Gasteiger partial charge in [-0.15, -0.1) is 0 Å². The van der Waals surface area contributed by atoms with Crippen molar-refractivity contribution in [3.63, 3.8) is 0 Å². The maximum absolute atomic E-state index is 9.06. The van der Waals surface area contributed by atoms with Gasteiger partial charge in [0.2, 0.25) is 0 Å². The molecule has 0 aromatic rings. The first kappa shape index (κ1) is 15.8.